The van der Waals surface area contributed by atoms with Gasteiger partial charge >= 0.3 is 0 Å². The molecular weight excluding hydrogens is 433 g/mol. The summed E-state index contributed by atoms with van der Waals surface area (Å²) < 4.78 is 10.3. The number of ether oxygens (including phenoxy) is 2. The summed E-state index contributed by atoms with van der Waals surface area (Å²) in [4.78, 5) is 4.58. The Bertz CT molecular complexity index is 511. The number of methoxy groups -OCH3 is 2. The molecule has 0 aliphatic rings. The SMILES string of the molecule is CCNC(=NCc1cc(OC)c(O)c(OC)c1)NCCCC(C)C.I. The van der Waals surface area contributed by atoms with Crippen LogP contribution in [0.15, 0.2) is 17.1 Å². The predicted octanol–water partition coefficient (Wildman–Crippen LogP) is 3.52. The minimum absolute atomic E-state index is 0. The summed E-state index contributed by atoms with van der Waals surface area (Å²) in [5.74, 6) is 2.27. The number of phenols is 1. The van der Waals surface area contributed by atoms with Gasteiger partial charge in [-0.1, -0.05) is 13.8 Å². The third-order valence-corrected chi connectivity index (χ3v) is 3.55. The van der Waals surface area contributed by atoms with E-state index >= 15 is 0 Å². The van der Waals surface area contributed by atoms with Gasteiger partial charge in [-0.25, -0.2) is 4.99 Å². The Morgan fingerprint density at radius 1 is 1.16 bits per heavy atom. The standard InChI is InChI=1S/C18H31N3O3.HI/c1-6-19-18(20-9-7-8-13(2)3)21-12-14-10-15(23-4)17(22)16(11-14)24-5;/h10-11,13,22H,6-9,12H2,1-5H3,(H2,19,20,21);1H. The van der Waals surface area contributed by atoms with Crippen LogP contribution < -0.4 is 20.1 Å². The molecule has 1 aromatic rings. The second-order valence-electron chi connectivity index (χ2n) is 6.01. The van der Waals surface area contributed by atoms with Crippen LogP contribution in [-0.4, -0.2) is 38.4 Å². The number of hydrogen-bond acceptors (Lipinski definition) is 4. The molecular formula is C18H32IN3O3. The van der Waals surface area contributed by atoms with Crippen LogP contribution >= 0.6 is 24.0 Å². The Labute approximate surface area is 168 Å². The van der Waals surface area contributed by atoms with Crippen LogP contribution in [0.25, 0.3) is 0 Å². The molecule has 0 fully saturated rings. The van der Waals surface area contributed by atoms with E-state index in [-0.39, 0.29) is 29.7 Å². The number of nitrogens with one attached hydrogen (secondary N) is 2. The summed E-state index contributed by atoms with van der Waals surface area (Å²) in [6.45, 7) is 8.66. The molecule has 0 radical (unpaired) electrons. The fourth-order valence-electron chi connectivity index (χ4n) is 2.27. The summed E-state index contributed by atoms with van der Waals surface area (Å²) >= 11 is 0. The van der Waals surface area contributed by atoms with Crippen molar-refractivity contribution in [1.29, 1.82) is 0 Å². The van der Waals surface area contributed by atoms with Gasteiger partial charge in [0.05, 0.1) is 20.8 Å². The molecule has 0 heterocycles. The third kappa shape index (κ3) is 8.51. The van der Waals surface area contributed by atoms with E-state index in [0.717, 1.165) is 31.0 Å². The van der Waals surface area contributed by atoms with E-state index in [1.165, 1.54) is 20.6 Å². The van der Waals surface area contributed by atoms with Crippen molar-refractivity contribution in [2.45, 2.75) is 40.2 Å². The monoisotopic (exact) mass is 465 g/mol. The van der Waals surface area contributed by atoms with Gasteiger partial charge < -0.3 is 25.2 Å². The largest absolute Gasteiger partial charge is 0.502 e. The molecule has 0 aromatic heterocycles. The van der Waals surface area contributed by atoms with Crippen LogP contribution in [0.4, 0.5) is 0 Å². The lowest BCUT2D eigenvalue weighted by Gasteiger charge is -2.13. The zero-order valence-corrected chi connectivity index (χ0v) is 18.2. The first kappa shape index (κ1) is 23.6. The highest BCUT2D eigenvalue weighted by Gasteiger charge is 2.11. The molecule has 144 valence electrons. The number of rotatable bonds is 9. The minimum Gasteiger partial charge on any atom is -0.502 e. The quantitative estimate of drug-likeness (QED) is 0.225. The number of halogens is 1. The lowest BCUT2D eigenvalue weighted by molar-refractivity contribution is 0.339. The summed E-state index contributed by atoms with van der Waals surface area (Å²) in [6, 6.07) is 3.54. The van der Waals surface area contributed by atoms with Gasteiger partial charge in [0.15, 0.2) is 17.5 Å². The number of aromatic hydroxyl groups is 1. The molecule has 0 unspecified atom stereocenters. The van der Waals surface area contributed by atoms with Crippen LogP contribution in [0, 0.1) is 5.92 Å². The molecule has 0 amide bonds. The van der Waals surface area contributed by atoms with Crippen molar-refractivity contribution in [2.75, 3.05) is 27.3 Å². The number of phenolic OH excluding ortho intramolecular Hbond substituents is 1. The number of nitrogens with zero attached hydrogens (tertiary/aromatic N) is 1. The molecule has 1 aromatic carbocycles. The van der Waals surface area contributed by atoms with Crippen molar-refractivity contribution in [3.63, 3.8) is 0 Å². The third-order valence-electron chi connectivity index (χ3n) is 3.55. The van der Waals surface area contributed by atoms with Gasteiger partial charge in [-0.05, 0) is 43.4 Å². The molecule has 7 heteroatoms. The Morgan fingerprint density at radius 3 is 2.24 bits per heavy atom. The van der Waals surface area contributed by atoms with Gasteiger partial charge in [0.25, 0.3) is 0 Å². The molecule has 3 N–H and O–H groups in total. The molecule has 0 saturated carbocycles. The van der Waals surface area contributed by atoms with E-state index < -0.39 is 0 Å². The Morgan fingerprint density at radius 2 is 1.76 bits per heavy atom. The highest BCUT2D eigenvalue weighted by molar-refractivity contribution is 14.0. The highest BCUT2D eigenvalue weighted by Crippen LogP contribution is 2.37. The molecule has 1 rings (SSSR count). The molecule has 0 spiro atoms. The minimum atomic E-state index is 0. The molecule has 0 aliphatic carbocycles. The van der Waals surface area contributed by atoms with Crippen LogP contribution in [0.1, 0.15) is 39.2 Å². The van der Waals surface area contributed by atoms with Crippen molar-refractivity contribution < 1.29 is 14.6 Å². The van der Waals surface area contributed by atoms with Crippen molar-refractivity contribution >= 4 is 29.9 Å². The predicted molar refractivity (Wildman–Crippen MR) is 114 cm³/mol. The van der Waals surface area contributed by atoms with Gasteiger partial charge in [-0.2, -0.15) is 0 Å². The van der Waals surface area contributed by atoms with Gasteiger partial charge in [-0.3, -0.25) is 0 Å². The summed E-state index contributed by atoms with van der Waals surface area (Å²) in [5, 5.41) is 16.5. The highest BCUT2D eigenvalue weighted by atomic mass is 127. The van der Waals surface area contributed by atoms with Gasteiger partial charge in [0, 0.05) is 13.1 Å². The maximum atomic E-state index is 9.95. The van der Waals surface area contributed by atoms with E-state index in [2.05, 4.69) is 29.5 Å². The number of guanidine groups is 1. The van der Waals surface area contributed by atoms with Crippen molar-refractivity contribution in [1.82, 2.24) is 10.6 Å². The normalized spacial score (nSPS) is 11.0. The fourth-order valence-corrected chi connectivity index (χ4v) is 2.27. The van der Waals surface area contributed by atoms with Crippen molar-refractivity contribution in [3.8, 4) is 17.2 Å². The molecule has 25 heavy (non-hydrogen) atoms. The van der Waals surface area contributed by atoms with E-state index in [9.17, 15) is 5.11 Å². The zero-order chi connectivity index (χ0) is 17.9. The average Bonchev–Trinajstić information content (AvgIpc) is 2.57. The van der Waals surface area contributed by atoms with Gasteiger partial charge in [-0.15, -0.1) is 24.0 Å². The molecule has 0 bridgehead atoms. The van der Waals surface area contributed by atoms with Gasteiger partial charge in [0.2, 0.25) is 5.75 Å². The smallest absolute Gasteiger partial charge is 0.200 e. The maximum absolute atomic E-state index is 9.95. The first-order chi connectivity index (χ1) is 11.5. The molecule has 0 saturated heterocycles. The lowest BCUT2D eigenvalue weighted by Crippen LogP contribution is -2.37. The molecule has 0 aliphatic heterocycles. The first-order valence-corrected chi connectivity index (χ1v) is 8.47. The summed E-state index contributed by atoms with van der Waals surface area (Å²) in [6.07, 6.45) is 2.31. The van der Waals surface area contributed by atoms with Crippen LogP contribution in [0.3, 0.4) is 0 Å². The first-order valence-electron chi connectivity index (χ1n) is 8.47. The fraction of sp³-hybridized carbons (Fsp3) is 0.611. The Balaban J connectivity index is 0.00000576. The van der Waals surface area contributed by atoms with E-state index in [1.807, 2.05) is 6.92 Å². The van der Waals surface area contributed by atoms with E-state index in [0.29, 0.717) is 24.0 Å². The molecule has 0 atom stereocenters. The number of aliphatic imine (C=N–C) groups is 1. The van der Waals surface area contributed by atoms with Crippen LogP contribution in [-0.2, 0) is 6.54 Å². The van der Waals surface area contributed by atoms with Crippen molar-refractivity contribution in [3.05, 3.63) is 17.7 Å². The maximum Gasteiger partial charge on any atom is 0.200 e. The number of hydrogen-bond donors (Lipinski definition) is 3. The topological polar surface area (TPSA) is 75.1 Å². The van der Waals surface area contributed by atoms with Gasteiger partial charge in [0.1, 0.15) is 0 Å². The van der Waals surface area contributed by atoms with E-state index in [4.69, 9.17) is 9.47 Å². The summed E-state index contributed by atoms with van der Waals surface area (Å²) in [5.41, 5.74) is 0.904. The molecule has 6 nitrogen and oxygen atoms in total. The Kier molecular flexibility index (Phi) is 12.2. The zero-order valence-electron chi connectivity index (χ0n) is 15.9. The van der Waals surface area contributed by atoms with E-state index in [1.54, 1.807) is 12.1 Å². The van der Waals surface area contributed by atoms with Crippen LogP contribution in [0.5, 0.6) is 17.2 Å². The van der Waals surface area contributed by atoms with Crippen molar-refractivity contribution in [2.24, 2.45) is 10.9 Å². The average molecular weight is 465 g/mol. The second-order valence-corrected chi connectivity index (χ2v) is 6.01. The lowest BCUT2D eigenvalue weighted by atomic mass is 10.1. The summed E-state index contributed by atoms with van der Waals surface area (Å²) in [7, 11) is 3.03. The number of benzene rings is 1. The Hall–Kier alpha value is -1.38. The van der Waals surface area contributed by atoms with Crippen LogP contribution in [0.2, 0.25) is 0 Å². The second kappa shape index (κ2) is 12.9.